The lowest BCUT2D eigenvalue weighted by molar-refractivity contribution is -0.111. The standard InChI is InChI=1S/C22H23N3O2S/c1-14-11-15(2)23-16(3)22(14)25-21(26)10-7-18-5-8-20(9-6-18)27-12-19-13-28-17(4)24-19/h5-11,13H,12H2,1-4H3,(H,25,26)/b10-7+. The molecule has 2 heterocycles. The zero-order valence-corrected chi connectivity index (χ0v) is 17.3. The number of nitrogens with zero attached hydrogens (tertiary/aromatic N) is 2. The number of carbonyl (C=O) groups excluding carboxylic acids is 1. The Morgan fingerprint density at radius 3 is 2.54 bits per heavy atom. The average Bonchev–Trinajstić information content (AvgIpc) is 3.07. The van der Waals surface area contributed by atoms with Crippen molar-refractivity contribution in [3.8, 4) is 5.75 Å². The quantitative estimate of drug-likeness (QED) is 0.599. The summed E-state index contributed by atoms with van der Waals surface area (Å²) < 4.78 is 5.73. The van der Waals surface area contributed by atoms with Crippen LogP contribution in [0.5, 0.6) is 5.75 Å². The van der Waals surface area contributed by atoms with Gasteiger partial charge in [0, 0.05) is 17.2 Å². The minimum Gasteiger partial charge on any atom is -0.487 e. The van der Waals surface area contributed by atoms with Gasteiger partial charge in [0.1, 0.15) is 12.4 Å². The highest BCUT2D eigenvalue weighted by Crippen LogP contribution is 2.20. The summed E-state index contributed by atoms with van der Waals surface area (Å²) in [5, 5.41) is 5.94. The molecule has 0 aliphatic rings. The summed E-state index contributed by atoms with van der Waals surface area (Å²) in [6.45, 7) is 8.23. The summed E-state index contributed by atoms with van der Waals surface area (Å²) in [5.41, 5.74) is 5.37. The molecule has 1 aromatic carbocycles. The molecule has 0 radical (unpaired) electrons. The molecule has 1 N–H and O–H groups in total. The maximum atomic E-state index is 12.2. The highest BCUT2D eigenvalue weighted by molar-refractivity contribution is 7.09. The number of nitrogens with one attached hydrogen (secondary N) is 1. The van der Waals surface area contributed by atoms with E-state index in [9.17, 15) is 4.79 Å². The number of aromatic nitrogens is 2. The van der Waals surface area contributed by atoms with Crippen molar-refractivity contribution in [2.24, 2.45) is 0 Å². The Morgan fingerprint density at radius 1 is 1.14 bits per heavy atom. The van der Waals surface area contributed by atoms with Crippen LogP contribution in [0, 0.1) is 27.7 Å². The van der Waals surface area contributed by atoms with Crippen molar-refractivity contribution < 1.29 is 9.53 Å². The maximum Gasteiger partial charge on any atom is 0.248 e. The number of pyridine rings is 1. The maximum absolute atomic E-state index is 12.2. The Balaban J connectivity index is 1.57. The largest absolute Gasteiger partial charge is 0.487 e. The van der Waals surface area contributed by atoms with Crippen LogP contribution in [-0.2, 0) is 11.4 Å². The third-order valence-electron chi connectivity index (χ3n) is 4.13. The molecule has 0 bridgehead atoms. The molecule has 0 unspecified atom stereocenters. The van der Waals surface area contributed by atoms with Crippen LogP contribution in [0.25, 0.3) is 6.08 Å². The van der Waals surface area contributed by atoms with Gasteiger partial charge >= 0.3 is 0 Å². The first-order chi connectivity index (χ1) is 13.4. The van der Waals surface area contributed by atoms with Crippen LogP contribution in [0.1, 0.15) is 33.2 Å². The minimum absolute atomic E-state index is 0.184. The molecule has 0 aliphatic heterocycles. The molecule has 5 nitrogen and oxygen atoms in total. The molecule has 0 saturated heterocycles. The van der Waals surface area contributed by atoms with E-state index in [1.165, 1.54) is 6.08 Å². The molecular formula is C22H23N3O2S. The molecule has 0 fully saturated rings. The van der Waals surface area contributed by atoms with Gasteiger partial charge in [0.15, 0.2) is 0 Å². The molecule has 3 aromatic rings. The molecule has 0 aliphatic carbocycles. The fourth-order valence-electron chi connectivity index (χ4n) is 2.86. The Bertz CT molecular complexity index is 984. The zero-order valence-electron chi connectivity index (χ0n) is 16.4. The first kappa shape index (κ1) is 19.8. The second kappa shape index (κ2) is 8.80. The number of aryl methyl sites for hydroxylation is 4. The van der Waals surface area contributed by atoms with Gasteiger partial charge in [-0.15, -0.1) is 11.3 Å². The van der Waals surface area contributed by atoms with E-state index in [2.05, 4.69) is 15.3 Å². The number of amides is 1. The zero-order chi connectivity index (χ0) is 20.1. The number of benzene rings is 1. The highest BCUT2D eigenvalue weighted by atomic mass is 32.1. The number of thiazole rings is 1. The number of hydrogen-bond acceptors (Lipinski definition) is 5. The van der Waals surface area contributed by atoms with E-state index in [1.807, 2.05) is 63.4 Å². The molecular weight excluding hydrogens is 370 g/mol. The molecule has 0 spiro atoms. The summed E-state index contributed by atoms with van der Waals surface area (Å²) in [6, 6.07) is 9.55. The fourth-order valence-corrected chi connectivity index (χ4v) is 3.45. The number of rotatable bonds is 6. The fraction of sp³-hybridized carbons (Fsp3) is 0.227. The van der Waals surface area contributed by atoms with E-state index >= 15 is 0 Å². The van der Waals surface area contributed by atoms with Crippen molar-refractivity contribution in [3.05, 3.63) is 75.0 Å². The first-order valence-electron chi connectivity index (χ1n) is 8.98. The lowest BCUT2D eigenvalue weighted by Crippen LogP contribution is -2.11. The van der Waals surface area contributed by atoms with E-state index in [4.69, 9.17) is 4.74 Å². The van der Waals surface area contributed by atoms with Crippen LogP contribution in [0.15, 0.2) is 41.8 Å². The normalized spacial score (nSPS) is 11.0. The van der Waals surface area contributed by atoms with Crippen molar-refractivity contribution in [2.75, 3.05) is 5.32 Å². The van der Waals surface area contributed by atoms with E-state index < -0.39 is 0 Å². The van der Waals surface area contributed by atoms with Gasteiger partial charge in [-0.3, -0.25) is 9.78 Å². The second-order valence-electron chi connectivity index (χ2n) is 6.58. The predicted octanol–water partition coefficient (Wildman–Crippen LogP) is 5.00. The van der Waals surface area contributed by atoms with Gasteiger partial charge < -0.3 is 10.1 Å². The number of hydrogen-bond donors (Lipinski definition) is 1. The van der Waals surface area contributed by atoms with Gasteiger partial charge in [0.25, 0.3) is 0 Å². The molecule has 3 rings (SSSR count). The van der Waals surface area contributed by atoms with Gasteiger partial charge in [-0.25, -0.2) is 4.98 Å². The van der Waals surface area contributed by atoms with E-state index in [0.717, 1.165) is 44.7 Å². The molecule has 0 atom stereocenters. The summed E-state index contributed by atoms with van der Waals surface area (Å²) in [6.07, 6.45) is 3.29. The molecule has 1 amide bonds. The molecule has 6 heteroatoms. The van der Waals surface area contributed by atoms with Crippen LogP contribution in [0.3, 0.4) is 0 Å². The third kappa shape index (κ3) is 5.27. The van der Waals surface area contributed by atoms with E-state index in [0.29, 0.717) is 6.61 Å². The minimum atomic E-state index is -0.184. The Labute approximate surface area is 169 Å². The van der Waals surface area contributed by atoms with Gasteiger partial charge in [0.05, 0.1) is 22.1 Å². The molecule has 144 valence electrons. The number of carbonyl (C=O) groups is 1. The van der Waals surface area contributed by atoms with Crippen LogP contribution in [0.4, 0.5) is 5.69 Å². The lowest BCUT2D eigenvalue weighted by atomic mass is 10.1. The smallest absolute Gasteiger partial charge is 0.248 e. The van der Waals surface area contributed by atoms with Crippen LogP contribution in [-0.4, -0.2) is 15.9 Å². The second-order valence-corrected chi connectivity index (χ2v) is 7.64. The van der Waals surface area contributed by atoms with E-state index in [1.54, 1.807) is 17.4 Å². The number of ether oxygens (including phenoxy) is 1. The molecule has 28 heavy (non-hydrogen) atoms. The average molecular weight is 394 g/mol. The Morgan fingerprint density at radius 2 is 1.89 bits per heavy atom. The van der Waals surface area contributed by atoms with E-state index in [-0.39, 0.29) is 5.91 Å². The van der Waals surface area contributed by atoms with Gasteiger partial charge in [-0.2, -0.15) is 0 Å². The lowest BCUT2D eigenvalue weighted by Gasteiger charge is -2.10. The van der Waals surface area contributed by atoms with Crippen LogP contribution < -0.4 is 10.1 Å². The molecule has 2 aromatic heterocycles. The summed E-state index contributed by atoms with van der Waals surface area (Å²) in [5.74, 6) is 0.584. The van der Waals surface area contributed by atoms with Crippen LogP contribution >= 0.6 is 11.3 Å². The van der Waals surface area contributed by atoms with Crippen molar-refractivity contribution in [2.45, 2.75) is 34.3 Å². The van der Waals surface area contributed by atoms with Crippen LogP contribution in [0.2, 0.25) is 0 Å². The Hall–Kier alpha value is -2.99. The Kier molecular flexibility index (Phi) is 6.21. The number of anilines is 1. The van der Waals surface area contributed by atoms with Crippen molar-refractivity contribution in [1.29, 1.82) is 0 Å². The highest BCUT2D eigenvalue weighted by Gasteiger charge is 2.07. The topological polar surface area (TPSA) is 64.1 Å². The van der Waals surface area contributed by atoms with Crippen molar-refractivity contribution >= 4 is 29.0 Å². The summed E-state index contributed by atoms with van der Waals surface area (Å²) in [7, 11) is 0. The van der Waals surface area contributed by atoms with Crippen molar-refractivity contribution in [3.63, 3.8) is 0 Å². The van der Waals surface area contributed by atoms with Gasteiger partial charge in [0.2, 0.25) is 5.91 Å². The first-order valence-corrected chi connectivity index (χ1v) is 9.86. The summed E-state index contributed by atoms with van der Waals surface area (Å²) >= 11 is 1.61. The third-order valence-corrected chi connectivity index (χ3v) is 4.96. The van der Waals surface area contributed by atoms with Crippen molar-refractivity contribution in [1.82, 2.24) is 9.97 Å². The monoisotopic (exact) mass is 393 g/mol. The van der Waals surface area contributed by atoms with Gasteiger partial charge in [-0.05, 0) is 63.1 Å². The van der Waals surface area contributed by atoms with Gasteiger partial charge in [-0.1, -0.05) is 12.1 Å². The molecule has 0 saturated carbocycles. The SMILES string of the molecule is Cc1cc(C)c(NC(=O)/C=C/c2ccc(OCc3csc(C)n3)cc2)c(C)n1. The predicted molar refractivity (Wildman–Crippen MR) is 114 cm³/mol. The summed E-state index contributed by atoms with van der Waals surface area (Å²) in [4.78, 5) is 21.0.